The molecule has 1 atom stereocenters. The number of methoxy groups -OCH3 is 1. The van der Waals surface area contributed by atoms with Gasteiger partial charge in [-0.25, -0.2) is 0 Å². The van der Waals surface area contributed by atoms with Crippen LogP contribution in [-0.4, -0.2) is 25.5 Å². The monoisotopic (exact) mass is 366 g/mol. The third-order valence-corrected chi connectivity index (χ3v) is 5.05. The molecule has 0 bridgehead atoms. The fourth-order valence-corrected chi connectivity index (χ4v) is 3.54. The number of hydrogen-bond acceptors (Lipinski definition) is 3. The summed E-state index contributed by atoms with van der Waals surface area (Å²) in [7, 11) is 1.64. The van der Waals surface area contributed by atoms with Gasteiger partial charge in [-0.2, -0.15) is 0 Å². The quantitative estimate of drug-likeness (QED) is 0.877. The second-order valence-corrected chi connectivity index (χ2v) is 7.23. The molecule has 2 aromatic rings. The lowest BCUT2D eigenvalue weighted by Gasteiger charge is -2.23. The van der Waals surface area contributed by atoms with E-state index in [4.69, 9.17) is 4.74 Å². The molecule has 1 aliphatic rings. The molecule has 0 aromatic heterocycles. The van der Waals surface area contributed by atoms with Gasteiger partial charge in [-0.15, -0.1) is 0 Å². The third kappa shape index (κ3) is 3.97. The summed E-state index contributed by atoms with van der Waals surface area (Å²) in [4.78, 5) is 26.3. The van der Waals surface area contributed by atoms with Crippen LogP contribution in [0, 0.1) is 5.92 Å². The molecular weight excluding hydrogens is 340 g/mol. The number of hydrogen-bond donors (Lipinski definition) is 1. The molecule has 2 amide bonds. The Morgan fingerprint density at radius 3 is 2.41 bits per heavy atom. The Morgan fingerprint density at radius 1 is 1.11 bits per heavy atom. The minimum Gasteiger partial charge on any atom is -0.497 e. The van der Waals surface area contributed by atoms with Crippen molar-refractivity contribution in [1.82, 2.24) is 5.32 Å². The summed E-state index contributed by atoms with van der Waals surface area (Å²) in [6.07, 6.45) is 0.780. The molecule has 0 spiro atoms. The zero-order valence-electron chi connectivity index (χ0n) is 16.3. The number of nitrogens with one attached hydrogen (secondary N) is 1. The lowest BCUT2D eigenvalue weighted by Crippen LogP contribution is -2.31. The first-order chi connectivity index (χ1) is 12.9. The lowest BCUT2D eigenvalue weighted by molar-refractivity contribution is -0.116. The zero-order valence-corrected chi connectivity index (χ0v) is 16.3. The normalized spacial score (nSPS) is 14.0. The van der Waals surface area contributed by atoms with E-state index in [1.54, 1.807) is 25.0 Å². The van der Waals surface area contributed by atoms with Crippen molar-refractivity contribution in [1.29, 1.82) is 0 Å². The summed E-state index contributed by atoms with van der Waals surface area (Å²) in [5.74, 6) is 0.963. The van der Waals surface area contributed by atoms with Crippen LogP contribution in [0.4, 0.5) is 5.69 Å². The summed E-state index contributed by atoms with van der Waals surface area (Å²) in [5.41, 5.74) is 3.62. The molecule has 0 aliphatic carbocycles. The predicted molar refractivity (Wildman–Crippen MR) is 106 cm³/mol. The highest BCUT2D eigenvalue weighted by Crippen LogP contribution is 2.30. The van der Waals surface area contributed by atoms with Crippen molar-refractivity contribution in [3.05, 3.63) is 59.2 Å². The van der Waals surface area contributed by atoms with E-state index in [0.29, 0.717) is 12.1 Å². The maximum atomic E-state index is 12.9. The molecule has 0 radical (unpaired) electrons. The van der Waals surface area contributed by atoms with E-state index in [-0.39, 0.29) is 23.8 Å². The first-order valence-electron chi connectivity index (χ1n) is 9.26. The summed E-state index contributed by atoms with van der Waals surface area (Å²) in [6.45, 7) is 6.42. The van der Waals surface area contributed by atoms with Crippen molar-refractivity contribution in [2.45, 2.75) is 33.2 Å². The highest BCUT2D eigenvalue weighted by atomic mass is 16.5. The molecule has 1 unspecified atom stereocenters. The fraction of sp³-hybridized carbons (Fsp3) is 0.364. The topological polar surface area (TPSA) is 58.6 Å². The smallest absolute Gasteiger partial charge is 0.251 e. The van der Waals surface area contributed by atoms with Gasteiger partial charge in [-0.05, 0) is 53.8 Å². The number of carbonyl (C=O) groups is 2. The van der Waals surface area contributed by atoms with Crippen molar-refractivity contribution in [2.24, 2.45) is 5.92 Å². The summed E-state index contributed by atoms with van der Waals surface area (Å²) in [5, 5.41) is 3.15. The Kier molecular flexibility index (Phi) is 5.49. The second-order valence-electron chi connectivity index (χ2n) is 7.23. The molecule has 5 heteroatoms. The average molecular weight is 366 g/mol. The molecule has 5 nitrogen and oxygen atoms in total. The fourth-order valence-electron chi connectivity index (χ4n) is 3.54. The van der Waals surface area contributed by atoms with E-state index in [1.807, 2.05) is 36.4 Å². The molecule has 1 aliphatic heterocycles. The minimum atomic E-state index is -0.103. The van der Waals surface area contributed by atoms with E-state index in [2.05, 4.69) is 19.2 Å². The maximum absolute atomic E-state index is 12.9. The van der Waals surface area contributed by atoms with Gasteiger partial charge in [0.2, 0.25) is 5.91 Å². The van der Waals surface area contributed by atoms with Crippen molar-refractivity contribution in [3.8, 4) is 5.75 Å². The van der Waals surface area contributed by atoms with Gasteiger partial charge >= 0.3 is 0 Å². The Morgan fingerprint density at radius 2 is 1.81 bits per heavy atom. The largest absolute Gasteiger partial charge is 0.497 e. The van der Waals surface area contributed by atoms with Gasteiger partial charge in [0.25, 0.3) is 5.91 Å². The molecule has 0 saturated heterocycles. The number of amides is 2. The third-order valence-electron chi connectivity index (χ3n) is 5.05. The molecule has 27 heavy (non-hydrogen) atoms. The summed E-state index contributed by atoms with van der Waals surface area (Å²) >= 11 is 0. The van der Waals surface area contributed by atoms with Gasteiger partial charge in [-0.1, -0.05) is 26.0 Å². The number of fused-ring (bicyclic) bond motifs is 1. The molecular formula is C22H26N2O3. The highest BCUT2D eigenvalue weighted by molar-refractivity contribution is 5.98. The van der Waals surface area contributed by atoms with Crippen LogP contribution < -0.4 is 15.0 Å². The maximum Gasteiger partial charge on any atom is 0.251 e. The van der Waals surface area contributed by atoms with Crippen LogP contribution >= 0.6 is 0 Å². The SMILES string of the molecule is COc1ccc(C(NC(=O)c2ccc3c(c2)CCN3C(C)=O)C(C)C)cc1. The number of nitrogens with zero attached hydrogens (tertiary/aromatic N) is 1. The Bertz CT molecular complexity index is 843. The van der Waals surface area contributed by atoms with Crippen LogP contribution in [0.5, 0.6) is 5.75 Å². The van der Waals surface area contributed by atoms with E-state index < -0.39 is 0 Å². The van der Waals surface area contributed by atoms with Crippen molar-refractivity contribution < 1.29 is 14.3 Å². The lowest BCUT2D eigenvalue weighted by atomic mass is 9.95. The number of anilines is 1. The molecule has 0 fully saturated rings. The van der Waals surface area contributed by atoms with E-state index in [9.17, 15) is 9.59 Å². The van der Waals surface area contributed by atoms with Gasteiger partial charge in [0.05, 0.1) is 13.2 Å². The van der Waals surface area contributed by atoms with Gasteiger partial charge < -0.3 is 15.0 Å². The molecule has 3 rings (SSSR count). The van der Waals surface area contributed by atoms with E-state index >= 15 is 0 Å². The van der Waals surface area contributed by atoms with Gasteiger partial charge in [-0.3, -0.25) is 9.59 Å². The molecule has 1 heterocycles. The number of carbonyl (C=O) groups excluding carboxylic acids is 2. The van der Waals surface area contributed by atoms with Crippen molar-refractivity contribution in [2.75, 3.05) is 18.6 Å². The average Bonchev–Trinajstić information content (AvgIpc) is 3.09. The standard InChI is InChI=1S/C22H26N2O3/c1-14(2)21(16-5-8-19(27-4)9-6-16)23-22(26)18-7-10-20-17(13-18)11-12-24(20)15(3)25/h5-10,13-14,21H,11-12H2,1-4H3,(H,23,26). The number of benzene rings is 2. The van der Waals surface area contributed by atoms with Gasteiger partial charge in [0.1, 0.15) is 5.75 Å². The second kappa shape index (κ2) is 7.82. The van der Waals surface area contributed by atoms with E-state index in [0.717, 1.165) is 29.0 Å². The zero-order chi connectivity index (χ0) is 19.6. The van der Waals surface area contributed by atoms with Crippen LogP contribution in [0.25, 0.3) is 0 Å². The Labute approximate surface area is 160 Å². The molecule has 0 saturated carbocycles. The number of rotatable bonds is 5. The summed E-state index contributed by atoms with van der Waals surface area (Å²) < 4.78 is 5.21. The Balaban J connectivity index is 1.79. The van der Waals surface area contributed by atoms with Crippen LogP contribution in [0.15, 0.2) is 42.5 Å². The highest BCUT2D eigenvalue weighted by Gasteiger charge is 2.24. The molecule has 2 aromatic carbocycles. The van der Waals surface area contributed by atoms with Crippen molar-refractivity contribution in [3.63, 3.8) is 0 Å². The Hall–Kier alpha value is -2.82. The van der Waals surface area contributed by atoms with Crippen LogP contribution in [0.1, 0.15) is 48.3 Å². The van der Waals surface area contributed by atoms with Gasteiger partial charge in [0, 0.05) is 24.7 Å². The van der Waals surface area contributed by atoms with Crippen LogP contribution in [0.2, 0.25) is 0 Å². The van der Waals surface area contributed by atoms with Crippen LogP contribution in [-0.2, 0) is 11.2 Å². The summed E-state index contributed by atoms with van der Waals surface area (Å²) in [6, 6.07) is 13.3. The van der Waals surface area contributed by atoms with Gasteiger partial charge in [0.15, 0.2) is 0 Å². The van der Waals surface area contributed by atoms with Crippen LogP contribution in [0.3, 0.4) is 0 Å². The first kappa shape index (κ1) is 19.0. The number of ether oxygens (including phenoxy) is 1. The minimum absolute atomic E-state index is 0.0327. The van der Waals surface area contributed by atoms with Crippen molar-refractivity contribution >= 4 is 17.5 Å². The first-order valence-corrected chi connectivity index (χ1v) is 9.26. The predicted octanol–water partition coefficient (Wildman–Crippen LogP) is 3.73. The molecule has 142 valence electrons. The van der Waals surface area contributed by atoms with E-state index in [1.165, 1.54) is 0 Å². The molecule has 1 N–H and O–H groups in total.